The molecule has 3 rings (SSSR count). The van der Waals surface area contributed by atoms with Gasteiger partial charge in [0.05, 0.1) is 23.4 Å². The van der Waals surface area contributed by atoms with Crippen molar-refractivity contribution in [1.82, 2.24) is 0 Å². The molecule has 0 heterocycles. The zero-order valence-electron chi connectivity index (χ0n) is 17.6. The molecule has 3 aromatic rings. The SMILES string of the molecule is CCN(c1ccccc1)S(=O)(=O)c1ccc(OC)c(NC(=O)CCc2ccccc2)c1. The number of para-hydroxylation sites is 1. The maximum atomic E-state index is 13.3. The quantitative estimate of drug-likeness (QED) is 0.534. The van der Waals surface area contributed by atoms with Gasteiger partial charge in [0.25, 0.3) is 10.0 Å². The summed E-state index contributed by atoms with van der Waals surface area (Å²) in [7, 11) is -2.34. The maximum absolute atomic E-state index is 13.3. The molecule has 0 saturated carbocycles. The third-order valence-corrected chi connectivity index (χ3v) is 6.75. The Labute approximate surface area is 183 Å². The zero-order chi connectivity index (χ0) is 22.3. The highest BCUT2D eigenvalue weighted by atomic mass is 32.2. The molecule has 0 fully saturated rings. The molecule has 0 radical (unpaired) electrons. The molecule has 6 nitrogen and oxygen atoms in total. The number of carbonyl (C=O) groups excluding carboxylic acids is 1. The summed E-state index contributed by atoms with van der Waals surface area (Å²) in [6, 6.07) is 23.1. The van der Waals surface area contributed by atoms with Gasteiger partial charge in [-0.05, 0) is 49.2 Å². The molecule has 7 heteroatoms. The summed E-state index contributed by atoms with van der Waals surface area (Å²) in [6.07, 6.45) is 0.861. The van der Waals surface area contributed by atoms with Crippen molar-refractivity contribution in [1.29, 1.82) is 0 Å². The summed E-state index contributed by atoms with van der Waals surface area (Å²) < 4.78 is 33.2. The standard InChI is InChI=1S/C24H26N2O4S/c1-3-26(20-12-8-5-9-13-20)31(28,29)21-15-16-23(30-2)22(18-21)25-24(27)17-14-19-10-6-4-7-11-19/h4-13,15-16,18H,3,14,17H2,1-2H3,(H,25,27). The first kappa shape index (κ1) is 22.4. The second-order valence-electron chi connectivity index (χ2n) is 6.90. The van der Waals surface area contributed by atoms with Gasteiger partial charge in [-0.25, -0.2) is 8.42 Å². The van der Waals surface area contributed by atoms with Gasteiger partial charge in [-0.2, -0.15) is 0 Å². The van der Waals surface area contributed by atoms with Crippen molar-refractivity contribution in [2.75, 3.05) is 23.3 Å². The van der Waals surface area contributed by atoms with Crippen molar-refractivity contribution < 1.29 is 17.9 Å². The summed E-state index contributed by atoms with van der Waals surface area (Å²) in [4.78, 5) is 12.6. The lowest BCUT2D eigenvalue weighted by atomic mass is 10.1. The molecule has 1 amide bonds. The van der Waals surface area contributed by atoms with Gasteiger partial charge in [-0.1, -0.05) is 48.5 Å². The van der Waals surface area contributed by atoms with E-state index in [0.29, 0.717) is 23.5 Å². The summed E-state index contributed by atoms with van der Waals surface area (Å²) in [6.45, 7) is 2.05. The fraction of sp³-hybridized carbons (Fsp3) is 0.208. The second-order valence-corrected chi connectivity index (χ2v) is 8.76. The number of nitrogens with zero attached hydrogens (tertiary/aromatic N) is 1. The van der Waals surface area contributed by atoms with E-state index in [4.69, 9.17) is 4.74 Å². The average molecular weight is 439 g/mol. The molecule has 162 valence electrons. The minimum Gasteiger partial charge on any atom is -0.495 e. The number of anilines is 2. The van der Waals surface area contributed by atoms with Gasteiger partial charge in [-0.15, -0.1) is 0 Å². The van der Waals surface area contributed by atoms with E-state index in [1.54, 1.807) is 37.3 Å². The first-order valence-corrected chi connectivity index (χ1v) is 11.5. The lowest BCUT2D eigenvalue weighted by Gasteiger charge is -2.23. The molecular formula is C24H26N2O4S. The Morgan fingerprint density at radius 2 is 1.61 bits per heavy atom. The van der Waals surface area contributed by atoms with Crippen LogP contribution in [-0.4, -0.2) is 28.0 Å². The number of aryl methyl sites for hydroxylation is 1. The highest BCUT2D eigenvalue weighted by molar-refractivity contribution is 7.92. The zero-order valence-corrected chi connectivity index (χ0v) is 18.4. The Morgan fingerprint density at radius 1 is 0.968 bits per heavy atom. The molecule has 0 unspecified atom stereocenters. The van der Waals surface area contributed by atoms with E-state index in [9.17, 15) is 13.2 Å². The van der Waals surface area contributed by atoms with E-state index in [1.807, 2.05) is 36.4 Å². The van der Waals surface area contributed by atoms with Crippen LogP contribution in [0.2, 0.25) is 0 Å². The van der Waals surface area contributed by atoms with Crippen LogP contribution in [0.3, 0.4) is 0 Å². The fourth-order valence-corrected chi connectivity index (χ4v) is 4.77. The van der Waals surface area contributed by atoms with Gasteiger partial charge in [0, 0.05) is 13.0 Å². The van der Waals surface area contributed by atoms with Crippen molar-refractivity contribution in [3.05, 3.63) is 84.4 Å². The monoisotopic (exact) mass is 438 g/mol. The molecule has 0 bridgehead atoms. The third-order valence-electron chi connectivity index (χ3n) is 4.85. The number of ether oxygens (including phenoxy) is 1. The molecule has 31 heavy (non-hydrogen) atoms. The Morgan fingerprint density at radius 3 is 2.23 bits per heavy atom. The van der Waals surface area contributed by atoms with E-state index in [1.165, 1.54) is 23.5 Å². The third kappa shape index (κ3) is 5.44. The first-order valence-electron chi connectivity index (χ1n) is 10.0. The number of methoxy groups -OCH3 is 1. The molecule has 0 aliphatic rings. The van der Waals surface area contributed by atoms with Crippen LogP contribution in [0.15, 0.2) is 83.8 Å². The lowest BCUT2D eigenvalue weighted by molar-refractivity contribution is -0.116. The highest BCUT2D eigenvalue weighted by Gasteiger charge is 2.25. The Balaban J connectivity index is 1.83. The van der Waals surface area contributed by atoms with Gasteiger partial charge in [0.15, 0.2) is 0 Å². The lowest BCUT2D eigenvalue weighted by Crippen LogP contribution is -2.30. The number of hydrogen-bond acceptors (Lipinski definition) is 4. The molecule has 0 aromatic heterocycles. The predicted molar refractivity (Wildman–Crippen MR) is 123 cm³/mol. The van der Waals surface area contributed by atoms with Crippen LogP contribution in [0.5, 0.6) is 5.75 Å². The van der Waals surface area contributed by atoms with Crippen LogP contribution < -0.4 is 14.4 Å². The van der Waals surface area contributed by atoms with E-state index in [0.717, 1.165) is 5.56 Å². The summed E-state index contributed by atoms with van der Waals surface area (Å²) >= 11 is 0. The molecule has 0 spiro atoms. The van der Waals surface area contributed by atoms with Crippen LogP contribution in [0.25, 0.3) is 0 Å². The molecular weight excluding hydrogens is 412 g/mol. The van der Waals surface area contributed by atoms with Crippen LogP contribution in [0.4, 0.5) is 11.4 Å². The minimum absolute atomic E-state index is 0.0809. The minimum atomic E-state index is -3.82. The smallest absolute Gasteiger partial charge is 0.264 e. The fourth-order valence-electron chi connectivity index (χ4n) is 3.27. The van der Waals surface area contributed by atoms with E-state index >= 15 is 0 Å². The number of sulfonamides is 1. The van der Waals surface area contributed by atoms with Crippen molar-refractivity contribution in [3.63, 3.8) is 0 Å². The van der Waals surface area contributed by atoms with Gasteiger partial charge in [0.2, 0.25) is 5.91 Å². The van der Waals surface area contributed by atoms with Gasteiger partial charge >= 0.3 is 0 Å². The van der Waals surface area contributed by atoms with E-state index in [-0.39, 0.29) is 23.8 Å². The van der Waals surface area contributed by atoms with Gasteiger partial charge in [0.1, 0.15) is 5.75 Å². The molecule has 0 atom stereocenters. The van der Waals surface area contributed by atoms with Crippen LogP contribution in [0, 0.1) is 0 Å². The number of benzene rings is 3. The molecule has 3 aromatic carbocycles. The van der Waals surface area contributed by atoms with Crippen molar-refractivity contribution >= 4 is 27.3 Å². The summed E-state index contributed by atoms with van der Waals surface area (Å²) in [5, 5.41) is 2.79. The Hall–Kier alpha value is -3.32. The van der Waals surface area contributed by atoms with Gasteiger partial charge in [-0.3, -0.25) is 9.10 Å². The van der Waals surface area contributed by atoms with Crippen LogP contribution in [0.1, 0.15) is 18.9 Å². The highest BCUT2D eigenvalue weighted by Crippen LogP contribution is 2.31. The number of hydrogen-bond donors (Lipinski definition) is 1. The molecule has 1 N–H and O–H groups in total. The second kappa shape index (κ2) is 10.1. The number of carbonyl (C=O) groups is 1. The predicted octanol–water partition coefficient (Wildman–Crippen LogP) is 4.48. The van der Waals surface area contributed by atoms with Crippen molar-refractivity contribution in [3.8, 4) is 5.75 Å². The number of amides is 1. The number of nitrogens with one attached hydrogen (secondary N) is 1. The molecule has 0 aliphatic carbocycles. The Bertz CT molecular complexity index is 1120. The Kier molecular flexibility index (Phi) is 7.31. The van der Waals surface area contributed by atoms with Crippen LogP contribution in [-0.2, 0) is 21.2 Å². The van der Waals surface area contributed by atoms with Crippen molar-refractivity contribution in [2.45, 2.75) is 24.7 Å². The topological polar surface area (TPSA) is 75.7 Å². The van der Waals surface area contributed by atoms with E-state index in [2.05, 4.69) is 5.32 Å². The van der Waals surface area contributed by atoms with Crippen molar-refractivity contribution in [2.24, 2.45) is 0 Å². The van der Waals surface area contributed by atoms with Gasteiger partial charge < -0.3 is 10.1 Å². The largest absolute Gasteiger partial charge is 0.495 e. The molecule has 0 saturated heterocycles. The normalized spacial score (nSPS) is 11.0. The van der Waals surface area contributed by atoms with Crippen LogP contribution >= 0.6 is 0 Å². The summed E-state index contributed by atoms with van der Waals surface area (Å²) in [5.41, 5.74) is 1.96. The first-order chi connectivity index (χ1) is 15.0. The van der Waals surface area contributed by atoms with E-state index < -0.39 is 10.0 Å². The average Bonchev–Trinajstić information content (AvgIpc) is 2.79. The number of rotatable bonds is 9. The summed E-state index contributed by atoms with van der Waals surface area (Å²) in [5.74, 6) is 0.182. The maximum Gasteiger partial charge on any atom is 0.264 e. The molecule has 0 aliphatic heterocycles.